The van der Waals surface area contributed by atoms with Crippen molar-refractivity contribution in [3.63, 3.8) is 0 Å². The average molecular weight is 252 g/mol. The van der Waals surface area contributed by atoms with Gasteiger partial charge in [0.05, 0.1) is 5.92 Å². The first-order valence-electron chi connectivity index (χ1n) is 5.89. The lowest BCUT2D eigenvalue weighted by molar-refractivity contribution is -0.189. The number of rotatable bonds is 4. The summed E-state index contributed by atoms with van der Waals surface area (Å²) < 4.78 is 38.2. The Morgan fingerprint density at radius 2 is 2.18 bits per heavy atom. The van der Waals surface area contributed by atoms with Crippen LogP contribution in [0.15, 0.2) is 0 Å². The molecule has 3 nitrogen and oxygen atoms in total. The van der Waals surface area contributed by atoms with Gasteiger partial charge in [0, 0.05) is 12.0 Å². The molecular weight excluding hydrogens is 233 g/mol. The van der Waals surface area contributed by atoms with Gasteiger partial charge in [-0.05, 0) is 25.8 Å². The molecule has 6 heteroatoms. The molecule has 1 aliphatic carbocycles. The Labute approximate surface area is 98.9 Å². The van der Waals surface area contributed by atoms with Gasteiger partial charge in [0.2, 0.25) is 5.91 Å². The van der Waals surface area contributed by atoms with Crippen LogP contribution in [0.25, 0.3) is 0 Å². The van der Waals surface area contributed by atoms with Crippen LogP contribution >= 0.6 is 0 Å². The highest BCUT2D eigenvalue weighted by Gasteiger charge is 2.47. The van der Waals surface area contributed by atoms with E-state index in [1.807, 2.05) is 6.92 Å². The zero-order valence-electron chi connectivity index (χ0n) is 9.94. The predicted octanol–water partition coefficient (Wildman–Crippen LogP) is 1.96. The highest BCUT2D eigenvalue weighted by atomic mass is 19.4. The van der Waals surface area contributed by atoms with E-state index in [0.29, 0.717) is 19.4 Å². The predicted molar refractivity (Wildman–Crippen MR) is 58.2 cm³/mol. The van der Waals surface area contributed by atoms with Gasteiger partial charge in [0.15, 0.2) is 0 Å². The molecule has 2 atom stereocenters. The topological polar surface area (TPSA) is 55.1 Å². The first kappa shape index (κ1) is 14.3. The molecule has 1 rings (SSSR count). The van der Waals surface area contributed by atoms with Crippen LogP contribution in [0.4, 0.5) is 13.2 Å². The first-order chi connectivity index (χ1) is 7.79. The maximum atomic E-state index is 12.7. The minimum atomic E-state index is -4.18. The molecule has 0 radical (unpaired) electrons. The number of alkyl halides is 3. The first-order valence-corrected chi connectivity index (χ1v) is 5.89. The molecule has 0 saturated heterocycles. The van der Waals surface area contributed by atoms with Crippen molar-refractivity contribution in [3.05, 3.63) is 0 Å². The van der Waals surface area contributed by atoms with Gasteiger partial charge in [0.1, 0.15) is 0 Å². The maximum Gasteiger partial charge on any atom is 0.391 e. The van der Waals surface area contributed by atoms with E-state index in [2.05, 4.69) is 5.32 Å². The second kappa shape index (κ2) is 5.25. The van der Waals surface area contributed by atoms with Gasteiger partial charge in [-0.1, -0.05) is 13.3 Å². The van der Waals surface area contributed by atoms with E-state index in [9.17, 15) is 18.0 Å². The van der Waals surface area contributed by atoms with Gasteiger partial charge < -0.3 is 11.1 Å². The van der Waals surface area contributed by atoms with Crippen molar-refractivity contribution in [1.82, 2.24) is 5.32 Å². The molecule has 2 unspecified atom stereocenters. The zero-order valence-corrected chi connectivity index (χ0v) is 9.94. The van der Waals surface area contributed by atoms with Crippen LogP contribution in [0.3, 0.4) is 0 Å². The summed E-state index contributed by atoms with van der Waals surface area (Å²) in [4.78, 5) is 11.0. The number of carbonyl (C=O) groups is 1. The van der Waals surface area contributed by atoms with Crippen molar-refractivity contribution >= 4 is 5.91 Å². The van der Waals surface area contributed by atoms with E-state index >= 15 is 0 Å². The average Bonchev–Trinajstić information content (AvgIpc) is 2.15. The number of hydrogen-bond acceptors (Lipinski definition) is 2. The Balaban J connectivity index is 2.79. The lowest BCUT2D eigenvalue weighted by Gasteiger charge is -2.41. The van der Waals surface area contributed by atoms with Gasteiger partial charge in [0.25, 0.3) is 0 Å². The van der Waals surface area contributed by atoms with Crippen molar-refractivity contribution < 1.29 is 18.0 Å². The highest BCUT2D eigenvalue weighted by molar-refractivity contribution is 5.75. The standard InChI is InChI=1S/C11H19F3N2O/c1-2-16-10(7-9(15)17)5-3-4-8(6-10)11(12,13)14/h8,16H,2-7H2,1H3,(H2,15,17). The van der Waals surface area contributed by atoms with E-state index in [4.69, 9.17) is 5.73 Å². The lowest BCUT2D eigenvalue weighted by Crippen LogP contribution is -2.52. The monoisotopic (exact) mass is 252 g/mol. The third-order valence-corrected chi connectivity index (χ3v) is 3.37. The summed E-state index contributed by atoms with van der Waals surface area (Å²) >= 11 is 0. The third kappa shape index (κ3) is 3.87. The highest BCUT2D eigenvalue weighted by Crippen LogP contribution is 2.42. The van der Waals surface area contributed by atoms with Crippen molar-refractivity contribution in [2.24, 2.45) is 11.7 Å². The maximum absolute atomic E-state index is 12.7. The van der Waals surface area contributed by atoms with E-state index in [0.717, 1.165) is 0 Å². The molecule has 3 N–H and O–H groups in total. The Kier molecular flexibility index (Phi) is 4.41. The van der Waals surface area contributed by atoms with Crippen LogP contribution < -0.4 is 11.1 Å². The number of carbonyl (C=O) groups excluding carboxylic acids is 1. The fourth-order valence-electron chi connectivity index (χ4n) is 2.73. The van der Waals surface area contributed by atoms with Crippen LogP contribution in [0, 0.1) is 5.92 Å². The molecule has 1 amide bonds. The number of nitrogens with two attached hydrogens (primary N) is 1. The summed E-state index contributed by atoms with van der Waals surface area (Å²) in [7, 11) is 0. The summed E-state index contributed by atoms with van der Waals surface area (Å²) in [5.74, 6) is -1.87. The van der Waals surface area contributed by atoms with Crippen LogP contribution in [0.2, 0.25) is 0 Å². The molecule has 1 aliphatic rings. The Morgan fingerprint density at radius 3 is 2.65 bits per heavy atom. The minimum absolute atomic E-state index is 0.0204. The molecule has 0 spiro atoms. The van der Waals surface area contributed by atoms with Crippen LogP contribution in [0.1, 0.15) is 39.0 Å². The van der Waals surface area contributed by atoms with Crippen LogP contribution in [-0.2, 0) is 4.79 Å². The van der Waals surface area contributed by atoms with E-state index in [1.54, 1.807) is 0 Å². The van der Waals surface area contributed by atoms with Crippen molar-refractivity contribution in [2.75, 3.05) is 6.54 Å². The number of primary amides is 1. The van der Waals surface area contributed by atoms with Crippen molar-refractivity contribution in [2.45, 2.75) is 50.7 Å². The molecule has 0 heterocycles. The summed E-state index contributed by atoms with van der Waals surface area (Å²) in [6.45, 7) is 2.36. The lowest BCUT2D eigenvalue weighted by atomic mass is 9.73. The third-order valence-electron chi connectivity index (χ3n) is 3.37. The van der Waals surface area contributed by atoms with Gasteiger partial charge >= 0.3 is 6.18 Å². The van der Waals surface area contributed by atoms with Gasteiger partial charge in [-0.25, -0.2) is 0 Å². The number of nitrogens with one attached hydrogen (secondary N) is 1. The summed E-state index contributed by atoms with van der Waals surface area (Å²) in [5, 5.41) is 3.03. The van der Waals surface area contributed by atoms with Crippen LogP contribution in [-0.4, -0.2) is 24.2 Å². The zero-order chi connectivity index (χ0) is 13.1. The van der Waals surface area contributed by atoms with E-state index in [1.165, 1.54) is 0 Å². The molecule has 17 heavy (non-hydrogen) atoms. The fraction of sp³-hybridized carbons (Fsp3) is 0.909. The molecule has 0 aromatic carbocycles. The smallest absolute Gasteiger partial charge is 0.370 e. The molecular formula is C11H19F3N2O. The fourth-order valence-corrected chi connectivity index (χ4v) is 2.73. The van der Waals surface area contributed by atoms with Crippen molar-refractivity contribution in [3.8, 4) is 0 Å². The summed E-state index contributed by atoms with van der Waals surface area (Å²) in [6, 6.07) is 0. The Hall–Kier alpha value is -0.780. The Bertz CT molecular complexity index is 276. The van der Waals surface area contributed by atoms with Gasteiger partial charge in [-0.2, -0.15) is 13.2 Å². The number of halogens is 3. The second-order valence-electron chi connectivity index (χ2n) is 4.79. The second-order valence-corrected chi connectivity index (χ2v) is 4.79. The van der Waals surface area contributed by atoms with Gasteiger partial charge in [-0.3, -0.25) is 4.79 Å². The molecule has 0 aromatic heterocycles. The van der Waals surface area contributed by atoms with Gasteiger partial charge in [-0.15, -0.1) is 0 Å². The molecule has 100 valence electrons. The normalized spacial score (nSPS) is 30.2. The minimum Gasteiger partial charge on any atom is -0.370 e. The number of hydrogen-bond donors (Lipinski definition) is 2. The van der Waals surface area contributed by atoms with E-state index in [-0.39, 0.29) is 19.3 Å². The molecule has 1 saturated carbocycles. The SMILES string of the molecule is CCNC1(CC(N)=O)CCCC(C(F)(F)F)C1. The largest absolute Gasteiger partial charge is 0.391 e. The Morgan fingerprint density at radius 1 is 1.53 bits per heavy atom. The molecule has 0 bridgehead atoms. The number of amides is 1. The summed E-state index contributed by atoms with van der Waals surface area (Å²) in [5.41, 5.74) is 4.37. The van der Waals surface area contributed by atoms with Crippen LogP contribution in [0.5, 0.6) is 0 Å². The molecule has 0 aromatic rings. The van der Waals surface area contributed by atoms with Crippen molar-refractivity contribution in [1.29, 1.82) is 0 Å². The summed E-state index contributed by atoms with van der Waals surface area (Å²) in [6.07, 6.45) is -3.05. The molecule has 1 fully saturated rings. The van der Waals surface area contributed by atoms with E-state index < -0.39 is 23.5 Å². The quantitative estimate of drug-likeness (QED) is 0.803. The molecule has 0 aliphatic heterocycles.